The van der Waals surface area contributed by atoms with Crippen LogP contribution in [0.5, 0.6) is 0 Å². The predicted molar refractivity (Wildman–Crippen MR) is 70.0 cm³/mol. The second-order valence-corrected chi connectivity index (χ2v) is 2.81. The molecule has 6 heteroatoms. The van der Waals surface area contributed by atoms with Crippen LogP contribution in [-0.4, -0.2) is 11.8 Å². The molecule has 5 N–H and O–H groups in total. The van der Waals surface area contributed by atoms with Crippen molar-refractivity contribution >= 4 is 24.8 Å². The summed E-state index contributed by atoms with van der Waals surface area (Å²) in [6.45, 7) is 0.660. The highest BCUT2D eigenvalue weighted by atomic mass is 35.5. The summed E-state index contributed by atoms with van der Waals surface area (Å²) in [5, 5.41) is 6.50. The van der Waals surface area contributed by atoms with Gasteiger partial charge < -0.3 is 10.0 Å². The van der Waals surface area contributed by atoms with Crippen LogP contribution in [0.2, 0.25) is 0 Å². The summed E-state index contributed by atoms with van der Waals surface area (Å²) in [5.41, 5.74) is 1.38. The van der Waals surface area contributed by atoms with E-state index in [0.29, 0.717) is 6.61 Å². The van der Waals surface area contributed by atoms with Gasteiger partial charge >= 0.3 is 0 Å². The third kappa shape index (κ3) is 11.7. The Bertz CT molecular complexity index is 213. The monoisotopic (exact) mass is 270 g/mol. The molecule has 0 saturated carbocycles. The van der Waals surface area contributed by atoms with E-state index in [-0.39, 0.29) is 24.8 Å². The van der Waals surface area contributed by atoms with Crippen molar-refractivity contribution in [2.24, 2.45) is 11.8 Å². The lowest BCUT2D eigenvalue weighted by Gasteiger charge is -1.99. The molecule has 1 aromatic carbocycles. The van der Waals surface area contributed by atoms with Gasteiger partial charge in [0.25, 0.3) is 0 Å². The van der Waals surface area contributed by atoms with Gasteiger partial charge in [-0.05, 0) is 24.8 Å². The third-order valence-electron chi connectivity index (χ3n) is 1.82. The molecule has 1 rings (SSSR count). The van der Waals surface area contributed by atoms with Crippen LogP contribution in [0, 0.1) is 0 Å². The van der Waals surface area contributed by atoms with Gasteiger partial charge in [0.1, 0.15) is 0 Å². The van der Waals surface area contributed by atoms with Crippen molar-refractivity contribution in [2.75, 3.05) is 6.61 Å². The van der Waals surface area contributed by atoms with Crippen LogP contribution < -0.4 is 11.8 Å². The Morgan fingerprint density at radius 3 is 2.06 bits per heavy atom. The van der Waals surface area contributed by atoms with Crippen molar-refractivity contribution in [2.45, 2.75) is 19.3 Å². The van der Waals surface area contributed by atoms with E-state index in [2.05, 4.69) is 35.0 Å². The minimum absolute atomic E-state index is 0. The molecule has 0 bridgehead atoms. The standard InChI is InChI=1S/C10H15NO.2ClH.H3NO/c11-12-9-5-4-8-10-6-2-1-3-7-10;;;1-2/h1-3,6-7H,4-5,8-9,11H2;2*1H;2H,1H2. The molecular weight excluding hydrogens is 251 g/mol. The summed E-state index contributed by atoms with van der Waals surface area (Å²) in [6.07, 6.45) is 3.29. The largest absolute Gasteiger partial charge is 0.320 e. The zero-order valence-electron chi connectivity index (χ0n) is 9.04. The van der Waals surface area contributed by atoms with Crippen molar-refractivity contribution in [3.05, 3.63) is 35.9 Å². The van der Waals surface area contributed by atoms with Gasteiger partial charge in [0.05, 0.1) is 6.61 Å². The molecule has 0 aliphatic carbocycles. The summed E-state index contributed by atoms with van der Waals surface area (Å²) in [4.78, 5) is 4.48. The molecule has 4 nitrogen and oxygen atoms in total. The number of hydrogen-bond donors (Lipinski definition) is 3. The summed E-state index contributed by atoms with van der Waals surface area (Å²) < 4.78 is 0. The van der Waals surface area contributed by atoms with E-state index >= 15 is 0 Å². The maximum absolute atomic E-state index is 6.50. The van der Waals surface area contributed by atoms with Crippen molar-refractivity contribution < 1.29 is 10.0 Å². The number of hydrogen-bond acceptors (Lipinski definition) is 4. The highest BCUT2D eigenvalue weighted by Gasteiger charge is 1.91. The first kappa shape index (κ1) is 21.0. The number of nitrogens with two attached hydrogens (primary N) is 2. The number of aryl methyl sites for hydroxylation is 1. The lowest BCUT2D eigenvalue weighted by atomic mass is 10.1. The summed E-state index contributed by atoms with van der Waals surface area (Å²) in [7, 11) is 0. The summed E-state index contributed by atoms with van der Waals surface area (Å²) in [6, 6.07) is 10.4. The molecular formula is C10H20Cl2N2O2. The molecule has 0 atom stereocenters. The summed E-state index contributed by atoms with van der Waals surface area (Å²) in [5.74, 6) is 8.41. The van der Waals surface area contributed by atoms with E-state index < -0.39 is 0 Å². The molecule has 0 saturated heterocycles. The molecule has 0 fully saturated rings. The molecule has 0 spiro atoms. The highest BCUT2D eigenvalue weighted by Crippen LogP contribution is 2.03. The van der Waals surface area contributed by atoms with Crippen molar-refractivity contribution in [3.8, 4) is 0 Å². The van der Waals surface area contributed by atoms with Crippen LogP contribution in [0.25, 0.3) is 0 Å². The number of halogens is 2. The van der Waals surface area contributed by atoms with E-state index in [1.54, 1.807) is 0 Å². The number of unbranched alkanes of at least 4 members (excludes halogenated alkanes) is 1. The fraction of sp³-hybridized carbons (Fsp3) is 0.400. The second kappa shape index (κ2) is 17.0. The Balaban J connectivity index is -0.000000399. The van der Waals surface area contributed by atoms with Crippen LogP contribution >= 0.6 is 24.8 Å². The lowest BCUT2D eigenvalue weighted by molar-refractivity contribution is 0.134. The Morgan fingerprint density at radius 2 is 1.56 bits per heavy atom. The Hall–Kier alpha value is -0.360. The fourth-order valence-electron chi connectivity index (χ4n) is 1.16. The molecule has 0 aromatic heterocycles. The van der Waals surface area contributed by atoms with Gasteiger partial charge in [0.15, 0.2) is 0 Å². The van der Waals surface area contributed by atoms with Gasteiger partial charge in [-0.15, -0.1) is 24.8 Å². The van der Waals surface area contributed by atoms with Gasteiger partial charge in [0.2, 0.25) is 0 Å². The molecule has 0 aliphatic heterocycles. The average molecular weight is 271 g/mol. The van der Waals surface area contributed by atoms with Crippen LogP contribution in [0.3, 0.4) is 0 Å². The van der Waals surface area contributed by atoms with E-state index in [1.165, 1.54) is 5.56 Å². The molecule has 1 aromatic rings. The molecule has 0 amide bonds. The molecule has 0 heterocycles. The van der Waals surface area contributed by atoms with Gasteiger partial charge in [-0.25, -0.2) is 11.8 Å². The van der Waals surface area contributed by atoms with Crippen LogP contribution in [-0.2, 0) is 11.3 Å². The van der Waals surface area contributed by atoms with Crippen LogP contribution in [0.15, 0.2) is 30.3 Å². The van der Waals surface area contributed by atoms with Gasteiger partial charge in [-0.3, -0.25) is 0 Å². The first-order valence-corrected chi connectivity index (χ1v) is 4.55. The Labute approximate surface area is 109 Å². The minimum atomic E-state index is 0. The van der Waals surface area contributed by atoms with E-state index in [9.17, 15) is 0 Å². The SMILES string of the molecule is Cl.Cl.NO.NOCCCCc1ccccc1. The first-order chi connectivity index (χ1) is 6.93. The quantitative estimate of drug-likeness (QED) is 0.565. The second-order valence-electron chi connectivity index (χ2n) is 2.81. The normalized spacial score (nSPS) is 7.94. The average Bonchev–Trinajstić information content (AvgIpc) is 2.29. The van der Waals surface area contributed by atoms with E-state index in [4.69, 9.17) is 11.1 Å². The van der Waals surface area contributed by atoms with Gasteiger partial charge in [-0.1, -0.05) is 30.3 Å². The Kier molecular flexibility index (Phi) is 22.4. The topological polar surface area (TPSA) is 81.5 Å². The molecule has 0 unspecified atom stereocenters. The van der Waals surface area contributed by atoms with Crippen molar-refractivity contribution in [1.82, 2.24) is 0 Å². The van der Waals surface area contributed by atoms with E-state index in [1.807, 2.05) is 6.07 Å². The minimum Gasteiger partial charge on any atom is -0.320 e. The first-order valence-electron chi connectivity index (χ1n) is 4.55. The van der Waals surface area contributed by atoms with Gasteiger partial charge in [0, 0.05) is 0 Å². The number of rotatable bonds is 5. The lowest BCUT2D eigenvalue weighted by Crippen LogP contribution is -2.00. The van der Waals surface area contributed by atoms with E-state index in [0.717, 1.165) is 19.3 Å². The molecule has 96 valence electrons. The predicted octanol–water partition coefficient (Wildman–Crippen LogP) is 2.08. The highest BCUT2D eigenvalue weighted by molar-refractivity contribution is 5.85. The molecule has 0 radical (unpaired) electrons. The Morgan fingerprint density at radius 1 is 1.00 bits per heavy atom. The third-order valence-corrected chi connectivity index (χ3v) is 1.82. The van der Waals surface area contributed by atoms with Crippen LogP contribution in [0.4, 0.5) is 0 Å². The van der Waals surface area contributed by atoms with Crippen molar-refractivity contribution in [3.63, 3.8) is 0 Å². The fourth-order valence-corrected chi connectivity index (χ4v) is 1.16. The zero-order valence-corrected chi connectivity index (χ0v) is 10.7. The molecule has 0 aliphatic rings. The summed E-state index contributed by atoms with van der Waals surface area (Å²) >= 11 is 0. The maximum Gasteiger partial charge on any atom is 0.0679 e. The van der Waals surface area contributed by atoms with Gasteiger partial charge in [-0.2, -0.15) is 0 Å². The zero-order chi connectivity index (χ0) is 10.6. The van der Waals surface area contributed by atoms with Crippen LogP contribution in [0.1, 0.15) is 18.4 Å². The van der Waals surface area contributed by atoms with Crippen molar-refractivity contribution in [1.29, 1.82) is 0 Å². The molecule has 16 heavy (non-hydrogen) atoms. The maximum atomic E-state index is 6.50. The number of benzene rings is 1. The smallest absolute Gasteiger partial charge is 0.0679 e.